The summed E-state index contributed by atoms with van der Waals surface area (Å²) in [6, 6.07) is 6.56. The lowest BCUT2D eigenvalue weighted by molar-refractivity contribution is 0.103. The molecule has 1 heterocycles. The first kappa shape index (κ1) is 16.2. The summed E-state index contributed by atoms with van der Waals surface area (Å²) in [5, 5.41) is 3.73. The third-order valence-electron chi connectivity index (χ3n) is 3.74. The lowest BCUT2D eigenvalue weighted by atomic mass is 10.0. The molecule has 3 rings (SSSR count). The fraction of sp³-hybridized carbons (Fsp3) is 0.333. The Hall–Kier alpha value is -1.67. The van der Waals surface area contributed by atoms with Gasteiger partial charge in [-0.25, -0.2) is 11.7 Å². The largest absolute Gasteiger partial charge is 0.360 e. The van der Waals surface area contributed by atoms with Crippen LogP contribution in [0.25, 0.3) is 0 Å². The molecular weight excluding hydrogens is 384 g/mol. The SMILES string of the molecule is CCS(=O)(=O)N(Br)c1ccccc1C(=O)c1cnoc1C1CC1. The Kier molecular flexibility index (Phi) is 4.29. The van der Waals surface area contributed by atoms with E-state index in [4.69, 9.17) is 4.52 Å². The second kappa shape index (κ2) is 6.09. The van der Waals surface area contributed by atoms with Crippen molar-refractivity contribution in [2.75, 3.05) is 9.08 Å². The van der Waals surface area contributed by atoms with E-state index < -0.39 is 10.0 Å². The zero-order valence-corrected chi connectivity index (χ0v) is 14.8. The van der Waals surface area contributed by atoms with Crippen LogP contribution in [-0.4, -0.2) is 25.1 Å². The first-order valence-corrected chi connectivity index (χ1v) is 9.54. The van der Waals surface area contributed by atoms with Gasteiger partial charge in [-0.15, -0.1) is 0 Å². The van der Waals surface area contributed by atoms with Crippen molar-refractivity contribution >= 4 is 37.6 Å². The summed E-state index contributed by atoms with van der Waals surface area (Å²) in [5.74, 6) is 0.452. The van der Waals surface area contributed by atoms with Crippen LogP contribution in [0.3, 0.4) is 0 Å². The third-order valence-corrected chi connectivity index (χ3v) is 6.86. The van der Waals surface area contributed by atoms with Crippen LogP contribution in [0, 0.1) is 0 Å². The van der Waals surface area contributed by atoms with E-state index in [2.05, 4.69) is 21.3 Å². The van der Waals surface area contributed by atoms with Gasteiger partial charge in [0.1, 0.15) is 0 Å². The highest BCUT2D eigenvalue weighted by molar-refractivity contribution is 9.11. The molecule has 0 bridgehead atoms. The molecule has 1 aromatic heterocycles. The second-order valence-corrected chi connectivity index (χ2v) is 8.62. The average Bonchev–Trinajstić information content (AvgIpc) is 3.30. The molecule has 0 atom stereocenters. The number of ketones is 1. The summed E-state index contributed by atoms with van der Waals surface area (Å²) in [6.45, 7) is 1.54. The van der Waals surface area contributed by atoms with Crippen LogP contribution in [0.15, 0.2) is 35.0 Å². The normalized spacial score (nSPS) is 14.7. The molecular formula is C15H15BrN2O4S. The van der Waals surface area contributed by atoms with E-state index in [0.717, 1.165) is 16.2 Å². The predicted molar refractivity (Wildman–Crippen MR) is 89.2 cm³/mol. The van der Waals surface area contributed by atoms with Gasteiger partial charge in [0.25, 0.3) is 0 Å². The quantitative estimate of drug-likeness (QED) is 0.550. The van der Waals surface area contributed by atoms with E-state index in [-0.39, 0.29) is 28.7 Å². The first-order valence-electron chi connectivity index (χ1n) is 7.22. The Bertz CT molecular complexity index is 843. The molecule has 2 aromatic rings. The van der Waals surface area contributed by atoms with Crippen LogP contribution in [0.4, 0.5) is 5.69 Å². The number of benzene rings is 1. The first-order chi connectivity index (χ1) is 11.0. The minimum Gasteiger partial charge on any atom is -0.360 e. The van der Waals surface area contributed by atoms with Crippen molar-refractivity contribution in [1.82, 2.24) is 5.16 Å². The third kappa shape index (κ3) is 3.05. The van der Waals surface area contributed by atoms with Crippen molar-refractivity contribution < 1.29 is 17.7 Å². The van der Waals surface area contributed by atoms with Gasteiger partial charge in [-0.1, -0.05) is 17.3 Å². The fourth-order valence-electron chi connectivity index (χ4n) is 2.29. The van der Waals surface area contributed by atoms with Gasteiger partial charge in [-0.2, -0.15) is 0 Å². The van der Waals surface area contributed by atoms with Crippen LogP contribution in [-0.2, 0) is 10.0 Å². The van der Waals surface area contributed by atoms with Crippen molar-refractivity contribution in [1.29, 1.82) is 0 Å². The number of anilines is 1. The number of nitrogens with zero attached hydrogens (tertiary/aromatic N) is 2. The molecule has 1 fully saturated rings. The molecule has 0 amide bonds. The molecule has 0 radical (unpaired) electrons. The van der Waals surface area contributed by atoms with Gasteiger partial charge in [-0.3, -0.25) is 4.79 Å². The van der Waals surface area contributed by atoms with Crippen molar-refractivity contribution in [3.05, 3.63) is 47.3 Å². The number of aromatic nitrogens is 1. The highest BCUT2D eigenvalue weighted by Crippen LogP contribution is 2.42. The number of halogens is 1. The standard InChI is InChI=1S/C15H15BrN2O4S/c1-2-23(20,21)18(16)13-6-4-3-5-11(13)14(19)12-9-17-22-15(12)10-7-8-10/h3-6,9-10H,2,7-8H2,1H3. The number of rotatable bonds is 6. The Morgan fingerprint density at radius 2 is 2.04 bits per heavy atom. The fourth-order valence-corrected chi connectivity index (χ4v) is 3.90. The van der Waals surface area contributed by atoms with Crippen molar-refractivity contribution in [3.8, 4) is 0 Å². The number of sulfonamides is 1. The van der Waals surface area contributed by atoms with E-state index in [0.29, 0.717) is 11.3 Å². The number of carbonyl (C=O) groups is 1. The number of hydrogen-bond donors (Lipinski definition) is 0. The van der Waals surface area contributed by atoms with E-state index in [1.165, 1.54) is 6.20 Å². The van der Waals surface area contributed by atoms with E-state index >= 15 is 0 Å². The smallest absolute Gasteiger partial charge is 0.244 e. The molecule has 0 N–H and O–H groups in total. The summed E-state index contributed by atoms with van der Waals surface area (Å²) in [6.07, 6.45) is 3.36. The zero-order chi connectivity index (χ0) is 16.6. The minimum atomic E-state index is -3.53. The predicted octanol–water partition coefficient (Wildman–Crippen LogP) is 3.25. The van der Waals surface area contributed by atoms with E-state index in [1.807, 2.05) is 0 Å². The van der Waals surface area contributed by atoms with Crippen LogP contribution >= 0.6 is 16.1 Å². The van der Waals surface area contributed by atoms with Gasteiger partial charge in [0.05, 0.1) is 39.3 Å². The molecule has 1 aliphatic carbocycles. The highest BCUT2D eigenvalue weighted by atomic mass is 79.9. The molecule has 6 nitrogen and oxygen atoms in total. The average molecular weight is 399 g/mol. The molecule has 0 saturated heterocycles. The zero-order valence-electron chi connectivity index (χ0n) is 12.4. The molecule has 122 valence electrons. The lowest BCUT2D eigenvalue weighted by Gasteiger charge is -2.18. The van der Waals surface area contributed by atoms with Crippen LogP contribution in [0.2, 0.25) is 0 Å². The number of hydrogen-bond acceptors (Lipinski definition) is 5. The number of carbonyl (C=O) groups excluding carboxylic acids is 1. The minimum absolute atomic E-state index is 0.0820. The molecule has 0 spiro atoms. The van der Waals surface area contributed by atoms with E-state index in [1.54, 1.807) is 31.2 Å². The highest BCUT2D eigenvalue weighted by Gasteiger charge is 2.34. The molecule has 23 heavy (non-hydrogen) atoms. The number of para-hydroxylation sites is 1. The topological polar surface area (TPSA) is 80.5 Å². The summed E-state index contributed by atoms with van der Waals surface area (Å²) in [5.41, 5.74) is 0.962. The Balaban J connectivity index is 2.03. The van der Waals surface area contributed by atoms with E-state index in [9.17, 15) is 13.2 Å². The maximum Gasteiger partial charge on any atom is 0.244 e. The van der Waals surface area contributed by atoms with Crippen LogP contribution in [0.1, 0.15) is 47.4 Å². The van der Waals surface area contributed by atoms with Gasteiger partial charge in [-0.05, 0) is 31.9 Å². The molecule has 8 heteroatoms. The molecule has 1 aliphatic rings. The van der Waals surface area contributed by atoms with Crippen molar-refractivity contribution in [2.45, 2.75) is 25.7 Å². The Morgan fingerprint density at radius 3 is 2.70 bits per heavy atom. The maximum atomic E-state index is 12.9. The van der Waals surface area contributed by atoms with Crippen LogP contribution in [0.5, 0.6) is 0 Å². The molecule has 1 aromatic carbocycles. The van der Waals surface area contributed by atoms with Gasteiger partial charge >= 0.3 is 0 Å². The summed E-state index contributed by atoms with van der Waals surface area (Å²) in [7, 11) is -3.53. The Morgan fingerprint density at radius 1 is 1.35 bits per heavy atom. The Labute approximate surface area is 142 Å². The lowest BCUT2D eigenvalue weighted by Crippen LogP contribution is -2.24. The van der Waals surface area contributed by atoms with Gasteiger partial charge in [0.15, 0.2) is 11.5 Å². The van der Waals surface area contributed by atoms with Crippen molar-refractivity contribution in [2.24, 2.45) is 0 Å². The summed E-state index contributed by atoms with van der Waals surface area (Å²) in [4.78, 5) is 12.9. The molecule has 0 unspecified atom stereocenters. The van der Waals surface area contributed by atoms with Gasteiger partial charge < -0.3 is 4.52 Å². The summed E-state index contributed by atoms with van der Waals surface area (Å²) < 4.78 is 30.3. The maximum absolute atomic E-state index is 12.9. The van der Waals surface area contributed by atoms with Crippen molar-refractivity contribution in [3.63, 3.8) is 0 Å². The van der Waals surface area contributed by atoms with Gasteiger partial charge in [0, 0.05) is 11.5 Å². The van der Waals surface area contributed by atoms with Crippen LogP contribution < -0.4 is 3.33 Å². The van der Waals surface area contributed by atoms with Gasteiger partial charge in [0.2, 0.25) is 10.0 Å². The summed E-state index contributed by atoms with van der Waals surface area (Å²) >= 11 is 3.06. The molecule has 0 aliphatic heterocycles. The second-order valence-electron chi connectivity index (χ2n) is 5.34. The monoisotopic (exact) mass is 398 g/mol. The molecule has 1 saturated carbocycles.